The summed E-state index contributed by atoms with van der Waals surface area (Å²) in [5, 5.41) is 0. The summed E-state index contributed by atoms with van der Waals surface area (Å²) >= 11 is 3.20. The average Bonchev–Trinajstić information content (AvgIpc) is 2.52. The predicted octanol–water partition coefficient (Wildman–Crippen LogP) is 0.725. The summed E-state index contributed by atoms with van der Waals surface area (Å²) in [6.07, 6.45) is 4.30. The molecule has 22 heavy (non-hydrogen) atoms. The van der Waals surface area contributed by atoms with Crippen LogP contribution in [0.3, 0.4) is 0 Å². The molecule has 0 unspecified atom stereocenters. The van der Waals surface area contributed by atoms with Gasteiger partial charge in [-0.05, 0) is 34.8 Å². The van der Waals surface area contributed by atoms with E-state index in [4.69, 9.17) is 10.5 Å². The number of halogens is 1. The fraction of sp³-hybridized carbons (Fsp3) is 0.429. The first-order valence-electron chi connectivity index (χ1n) is 6.82. The minimum Gasteiger partial charge on any atom is -0.452 e. The van der Waals surface area contributed by atoms with Gasteiger partial charge in [0.2, 0.25) is 5.91 Å². The van der Waals surface area contributed by atoms with Gasteiger partial charge in [0.25, 0.3) is 5.91 Å². The molecule has 8 heteroatoms. The van der Waals surface area contributed by atoms with Gasteiger partial charge in [-0.1, -0.05) is 0 Å². The maximum absolute atomic E-state index is 12.0. The molecule has 118 valence electrons. The summed E-state index contributed by atoms with van der Waals surface area (Å²) in [5.74, 6) is -1.69. The Kier molecular flexibility index (Phi) is 5.48. The molecule has 2 amide bonds. The Morgan fingerprint density at radius 2 is 2.18 bits per heavy atom. The van der Waals surface area contributed by atoms with Gasteiger partial charge >= 0.3 is 5.97 Å². The van der Waals surface area contributed by atoms with Gasteiger partial charge in [-0.2, -0.15) is 0 Å². The number of hydrogen-bond donors (Lipinski definition) is 1. The van der Waals surface area contributed by atoms with Gasteiger partial charge in [0.15, 0.2) is 6.61 Å². The molecule has 1 fully saturated rings. The van der Waals surface area contributed by atoms with Gasteiger partial charge in [0, 0.05) is 30.0 Å². The number of carbonyl (C=O) groups excluding carboxylic acids is 3. The number of primary amides is 1. The maximum atomic E-state index is 12.0. The molecule has 2 heterocycles. The lowest BCUT2D eigenvalue weighted by atomic mass is 9.97. The van der Waals surface area contributed by atoms with E-state index < -0.39 is 11.9 Å². The van der Waals surface area contributed by atoms with E-state index in [1.165, 1.54) is 11.1 Å². The number of nitrogens with zero attached hydrogens (tertiary/aromatic N) is 2. The van der Waals surface area contributed by atoms with E-state index in [9.17, 15) is 14.4 Å². The van der Waals surface area contributed by atoms with Gasteiger partial charge in [0.1, 0.15) is 0 Å². The first-order valence-corrected chi connectivity index (χ1v) is 7.61. The molecule has 0 radical (unpaired) electrons. The minimum absolute atomic E-state index is 0.260. The first-order chi connectivity index (χ1) is 10.5. The third kappa shape index (κ3) is 4.27. The maximum Gasteiger partial charge on any atom is 0.340 e. The van der Waals surface area contributed by atoms with Crippen LogP contribution < -0.4 is 5.73 Å². The number of carbonyl (C=O) groups is 3. The smallest absolute Gasteiger partial charge is 0.340 e. The zero-order valence-electron chi connectivity index (χ0n) is 11.8. The second-order valence-electron chi connectivity index (χ2n) is 5.05. The highest BCUT2D eigenvalue weighted by Crippen LogP contribution is 2.16. The molecule has 0 spiro atoms. The van der Waals surface area contributed by atoms with E-state index in [-0.39, 0.29) is 30.5 Å². The van der Waals surface area contributed by atoms with Crippen LogP contribution in [0.2, 0.25) is 0 Å². The largest absolute Gasteiger partial charge is 0.452 e. The normalized spacial score (nSPS) is 17.9. The lowest BCUT2D eigenvalue weighted by Crippen LogP contribution is -2.45. The molecular weight excluding hydrogens is 354 g/mol. The van der Waals surface area contributed by atoms with E-state index in [0.29, 0.717) is 23.9 Å². The van der Waals surface area contributed by atoms with Crippen molar-refractivity contribution in [3.63, 3.8) is 0 Å². The number of aromatic nitrogens is 1. The van der Waals surface area contributed by atoms with Crippen molar-refractivity contribution in [1.29, 1.82) is 0 Å². The topological polar surface area (TPSA) is 103 Å². The molecule has 2 N–H and O–H groups in total. The minimum atomic E-state index is -0.620. The molecule has 1 aliphatic rings. The number of piperidine rings is 1. The Labute approximate surface area is 135 Å². The van der Waals surface area contributed by atoms with Crippen molar-refractivity contribution in [2.45, 2.75) is 12.8 Å². The van der Waals surface area contributed by atoms with Gasteiger partial charge in [-0.3, -0.25) is 14.6 Å². The molecular formula is C14H16BrN3O4. The lowest BCUT2D eigenvalue weighted by Gasteiger charge is -2.31. The summed E-state index contributed by atoms with van der Waals surface area (Å²) in [6.45, 7) is 0.458. The van der Waals surface area contributed by atoms with E-state index in [1.807, 2.05) is 0 Å². The van der Waals surface area contributed by atoms with Crippen molar-refractivity contribution in [1.82, 2.24) is 9.88 Å². The van der Waals surface area contributed by atoms with E-state index in [2.05, 4.69) is 20.9 Å². The summed E-state index contributed by atoms with van der Waals surface area (Å²) in [6, 6.07) is 1.56. The van der Waals surface area contributed by atoms with Crippen molar-refractivity contribution in [3.05, 3.63) is 28.5 Å². The number of esters is 1. The van der Waals surface area contributed by atoms with Gasteiger partial charge < -0.3 is 15.4 Å². The fourth-order valence-corrected chi connectivity index (χ4v) is 2.63. The standard InChI is InChI=1S/C14H16BrN3O4/c15-11-4-10(5-17-6-11)14(21)22-8-12(19)18-3-1-2-9(7-18)13(16)20/h4-6,9H,1-3,7-8H2,(H2,16,20)/t9-/m0/s1. The van der Waals surface area contributed by atoms with Crippen LogP contribution in [0.25, 0.3) is 0 Å². The highest BCUT2D eigenvalue weighted by Gasteiger charge is 2.27. The second-order valence-corrected chi connectivity index (χ2v) is 5.96. The summed E-state index contributed by atoms with van der Waals surface area (Å²) in [5.41, 5.74) is 5.53. The Morgan fingerprint density at radius 1 is 1.41 bits per heavy atom. The molecule has 0 aliphatic carbocycles. The third-order valence-corrected chi connectivity index (χ3v) is 3.88. The van der Waals surface area contributed by atoms with Crippen LogP contribution in [-0.2, 0) is 14.3 Å². The van der Waals surface area contributed by atoms with Crippen LogP contribution in [-0.4, -0.2) is 47.4 Å². The Balaban J connectivity index is 1.87. The third-order valence-electron chi connectivity index (χ3n) is 3.44. The molecule has 1 aromatic rings. The quantitative estimate of drug-likeness (QED) is 0.787. The molecule has 0 saturated carbocycles. The summed E-state index contributed by atoms with van der Waals surface area (Å²) in [7, 11) is 0. The Hall–Kier alpha value is -1.96. The highest BCUT2D eigenvalue weighted by atomic mass is 79.9. The molecule has 1 saturated heterocycles. The molecule has 2 rings (SSSR count). The van der Waals surface area contributed by atoms with E-state index >= 15 is 0 Å². The number of amides is 2. The number of pyridine rings is 1. The van der Waals surface area contributed by atoms with Gasteiger partial charge in [-0.25, -0.2) is 4.79 Å². The number of rotatable bonds is 4. The summed E-state index contributed by atoms with van der Waals surface area (Å²) in [4.78, 5) is 40.4. The number of ether oxygens (including phenoxy) is 1. The molecule has 7 nitrogen and oxygen atoms in total. The molecule has 1 aliphatic heterocycles. The SMILES string of the molecule is NC(=O)[C@H]1CCCN(C(=O)COC(=O)c2cncc(Br)c2)C1. The fourth-order valence-electron chi connectivity index (χ4n) is 2.26. The molecule has 1 atom stereocenters. The molecule has 0 bridgehead atoms. The van der Waals surface area contributed by atoms with Crippen molar-refractivity contribution in [2.24, 2.45) is 11.7 Å². The van der Waals surface area contributed by atoms with Crippen molar-refractivity contribution in [3.8, 4) is 0 Å². The van der Waals surface area contributed by atoms with Crippen LogP contribution in [0, 0.1) is 5.92 Å². The highest BCUT2D eigenvalue weighted by molar-refractivity contribution is 9.10. The number of likely N-dealkylation sites (tertiary alicyclic amines) is 1. The average molecular weight is 370 g/mol. The first kappa shape index (κ1) is 16.4. The van der Waals surface area contributed by atoms with Crippen molar-refractivity contribution >= 4 is 33.7 Å². The zero-order valence-corrected chi connectivity index (χ0v) is 13.4. The van der Waals surface area contributed by atoms with Crippen LogP contribution in [0.1, 0.15) is 23.2 Å². The predicted molar refractivity (Wildman–Crippen MR) is 80.7 cm³/mol. The number of hydrogen-bond acceptors (Lipinski definition) is 5. The van der Waals surface area contributed by atoms with Crippen molar-refractivity contribution in [2.75, 3.05) is 19.7 Å². The lowest BCUT2D eigenvalue weighted by molar-refractivity contribution is -0.137. The zero-order chi connectivity index (χ0) is 16.1. The second kappa shape index (κ2) is 7.35. The Morgan fingerprint density at radius 3 is 2.86 bits per heavy atom. The Bertz CT molecular complexity index is 593. The summed E-state index contributed by atoms with van der Waals surface area (Å²) < 4.78 is 5.63. The van der Waals surface area contributed by atoms with E-state index in [0.717, 1.165) is 0 Å². The van der Waals surface area contributed by atoms with Crippen molar-refractivity contribution < 1.29 is 19.1 Å². The molecule has 1 aromatic heterocycles. The van der Waals surface area contributed by atoms with Crippen LogP contribution in [0.4, 0.5) is 0 Å². The van der Waals surface area contributed by atoms with Gasteiger partial charge in [-0.15, -0.1) is 0 Å². The van der Waals surface area contributed by atoms with Crippen LogP contribution in [0.5, 0.6) is 0 Å². The molecule has 0 aromatic carbocycles. The van der Waals surface area contributed by atoms with Crippen LogP contribution in [0.15, 0.2) is 22.9 Å². The van der Waals surface area contributed by atoms with E-state index in [1.54, 1.807) is 12.3 Å². The van der Waals surface area contributed by atoms with Crippen LogP contribution >= 0.6 is 15.9 Å². The van der Waals surface area contributed by atoms with Gasteiger partial charge in [0.05, 0.1) is 11.5 Å². The number of nitrogens with two attached hydrogens (primary N) is 1. The monoisotopic (exact) mass is 369 g/mol.